The summed E-state index contributed by atoms with van der Waals surface area (Å²) in [4.78, 5) is 24.5. The number of benzene rings is 2. The number of hydrogen-bond donors (Lipinski definition) is 1. The van der Waals surface area contributed by atoms with E-state index in [0.29, 0.717) is 15.7 Å². The minimum Gasteiger partial charge on any atom is -0.451 e. The molecule has 2 aromatic carbocycles. The fourth-order valence-corrected chi connectivity index (χ4v) is 3.85. The number of esters is 1. The van der Waals surface area contributed by atoms with Gasteiger partial charge in [-0.15, -0.1) is 11.3 Å². The van der Waals surface area contributed by atoms with E-state index in [1.165, 1.54) is 11.3 Å². The number of carbonyl (C=O) groups is 2. The highest BCUT2D eigenvalue weighted by molar-refractivity contribution is 7.21. The summed E-state index contributed by atoms with van der Waals surface area (Å²) in [5, 5.41) is 4.35. The summed E-state index contributed by atoms with van der Waals surface area (Å²) in [5.74, 6) is -1.07. The first-order chi connectivity index (χ1) is 12.0. The maximum Gasteiger partial charge on any atom is 0.350 e. The number of rotatable bonds is 4. The molecule has 0 saturated carbocycles. The van der Waals surface area contributed by atoms with Gasteiger partial charge in [-0.2, -0.15) is 0 Å². The van der Waals surface area contributed by atoms with Crippen molar-refractivity contribution in [3.05, 3.63) is 63.0 Å². The van der Waals surface area contributed by atoms with Gasteiger partial charge < -0.3 is 10.1 Å². The summed E-state index contributed by atoms with van der Waals surface area (Å²) in [7, 11) is 0. The molecule has 3 aromatic rings. The predicted molar refractivity (Wildman–Crippen MR) is 102 cm³/mol. The van der Waals surface area contributed by atoms with Crippen LogP contribution in [-0.4, -0.2) is 18.5 Å². The van der Waals surface area contributed by atoms with Crippen LogP contribution in [0.2, 0.25) is 10.0 Å². The number of halogens is 2. The third kappa shape index (κ3) is 3.79. The van der Waals surface area contributed by atoms with Gasteiger partial charge in [0, 0.05) is 20.8 Å². The SMILES string of the molecule is Cc1c(Cl)cccc1NC(=O)COC(=O)c1sc2ccccc2c1Cl. The first kappa shape index (κ1) is 17.7. The van der Waals surface area contributed by atoms with Crippen LogP contribution in [0.5, 0.6) is 0 Å². The molecule has 0 atom stereocenters. The normalized spacial score (nSPS) is 10.7. The van der Waals surface area contributed by atoms with Crippen LogP contribution in [0.1, 0.15) is 15.2 Å². The van der Waals surface area contributed by atoms with Gasteiger partial charge in [0.15, 0.2) is 6.61 Å². The standard InChI is InChI=1S/C18H13Cl2NO3S/c1-10-12(19)6-4-7-13(10)21-15(22)9-24-18(23)17-16(20)11-5-2-3-8-14(11)25-17/h2-8H,9H2,1H3,(H,21,22). The molecule has 0 unspecified atom stereocenters. The number of anilines is 1. The summed E-state index contributed by atoms with van der Waals surface area (Å²) in [6.07, 6.45) is 0. The molecule has 0 spiro atoms. The molecule has 0 fully saturated rings. The van der Waals surface area contributed by atoms with E-state index >= 15 is 0 Å². The van der Waals surface area contributed by atoms with Gasteiger partial charge in [-0.3, -0.25) is 4.79 Å². The van der Waals surface area contributed by atoms with E-state index in [2.05, 4.69) is 5.32 Å². The van der Waals surface area contributed by atoms with Crippen LogP contribution >= 0.6 is 34.5 Å². The lowest BCUT2D eigenvalue weighted by Gasteiger charge is -2.09. The monoisotopic (exact) mass is 393 g/mol. The van der Waals surface area contributed by atoms with Crippen molar-refractivity contribution in [1.82, 2.24) is 0 Å². The molecule has 3 rings (SSSR count). The smallest absolute Gasteiger partial charge is 0.350 e. The van der Waals surface area contributed by atoms with Gasteiger partial charge in [0.05, 0.1) is 5.02 Å². The zero-order valence-corrected chi connectivity index (χ0v) is 15.5. The Labute approximate surface area is 158 Å². The topological polar surface area (TPSA) is 55.4 Å². The van der Waals surface area contributed by atoms with Crippen LogP contribution in [-0.2, 0) is 9.53 Å². The summed E-state index contributed by atoms with van der Waals surface area (Å²) < 4.78 is 5.97. The fraction of sp³-hybridized carbons (Fsp3) is 0.111. The van der Waals surface area contributed by atoms with Crippen molar-refractivity contribution in [3.8, 4) is 0 Å². The van der Waals surface area contributed by atoms with Crippen molar-refractivity contribution in [2.24, 2.45) is 0 Å². The summed E-state index contributed by atoms with van der Waals surface area (Å²) in [6.45, 7) is 1.39. The molecule has 4 nitrogen and oxygen atoms in total. The van der Waals surface area contributed by atoms with E-state index in [9.17, 15) is 9.59 Å². The van der Waals surface area contributed by atoms with Gasteiger partial charge in [0.25, 0.3) is 5.91 Å². The fourth-order valence-electron chi connectivity index (χ4n) is 2.27. The molecule has 25 heavy (non-hydrogen) atoms. The van der Waals surface area contributed by atoms with Crippen molar-refractivity contribution in [1.29, 1.82) is 0 Å². The van der Waals surface area contributed by atoms with Crippen LogP contribution in [0.15, 0.2) is 42.5 Å². The lowest BCUT2D eigenvalue weighted by molar-refractivity contribution is -0.119. The van der Waals surface area contributed by atoms with Crippen LogP contribution < -0.4 is 5.32 Å². The molecule has 1 heterocycles. The van der Waals surface area contributed by atoms with Crippen molar-refractivity contribution in [2.75, 3.05) is 11.9 Å². The van der Waals surface area contributed by atoms with Crippen LogP contribution in [0.3, 0.4) is 0 Å². The highest BCUT2D eigenvalue weighted by Crippen LogP contribution is 2.35. The third-order valence-corrected chi connectivity index (χ3v) is 5.66. The Morgan fingerprint density at radius 2 is 1.88 bits per heavy atom. The van der Waals surface area contributed by atoms with E-state index in [4.69, 9.17) is 27.9 Å². The van der Waals surface area contributed by atoms with Crippen molar-refractivity contribution in [2.45, 2.75) is 6.92 Å². The molecule has 1 N–H and O–H groups in total. The summed E-state index contributed by atoms with van der Waals surface area (Å²) in [6, 6.07) is 12.6. The molecule has 0 aliphatic carbocycles. The number of hydrogen-bond acceptors (Lipinski definition) is 4. The average molecular weight is 394 g/mol. The average Bonchev–Trinajstić information content (AvgIpc) is 2.94. The van der Waals surface area contributed by atoms with Crippen LogP contribution in [0, 0.1) is 6.92 Å². The second kappa shape index (κ2) is 7.44. The third-order valence-electron chi connectivity index (χ3n) is 3.60. The number of thiophene rings is 1. The minimum atomic E-state index is -0.621. The van der Waals surface area contributed by atoms with Gasteiger partial charge >= 0.3 is 5.97 Å². The quantitative estimate of drug-likeness (QED) is 0.610. The van der Waals surface area contributed by atoms with E-state index in [0.717, 1.165) is 15.6 Å². The second-order valence-corrected chi connectivity index (χ2v) is 7.12. The molecule has 0 bridgehead atoms. The maximum absolute atomic E-state index is 12.2. The zero-order valence-electron chi connectivity index (χ0n) is 13.1. The van der Waals surface area contributed by atoms with E-state index in [1.54, 1.807) is 25.1 Å². The van der Waals surface area contributed by atoms with Crippen molar-refractivity contribution >= 4 is 62.2 Å². The highest BCUT2D eigenvalue weighted by Gasteiger charge is 2.19. The highest BCUT2D eigenvalue weighted by atomic mass is 35.5. The number of amides is 1. The van der Waals surface area contributed by atoms with Gasteiger partial charge in [-0.25, -0.2) is 4.79 Å². The molecular formula is C18H13Cl2NO3S. The Balaban J connectivity index is 1.66. The summed E-state index contributed by atoms with van der Waals surface area (Å²) in [5.41, 5.74) is 1.32. The van der Waals surface area contributed by atoms with Crippen LogP contribution in [0.25, 0.3) is 10.1 Å². The number of ether oxygens (including phenoxy) is 1. The van der Waals surface area contributed by atoms with Crippen molar-refractivity contribution in [3.63, 3.8) is 0 Å². The molecule has 0 aliphatic heterocycles. The Hall–Kier alpha value is -2.08. The largest absolute Gasteiger partial charge is 0.451 e. The first-order valence-electron chi connectivity index (χ1n) is 7.36. The lowest BCUT2D eigenvalue weighted by atomic mass is 10.2. The van der Waals surface area contributed by atoms with Gasteiger partial charge in [-0.05, 0) is 30.7 Å². The molecule has 1 amide bonds. The molecule has 128 valence electrons. The van der Waals surface area contributed by atoms with Crippen molar-refractivity contribution < 1.29 is 14.3 Å². The molecular weight excluding hydrogens is 381 g/mol. The van der Waals surface area contributed by atoms with Gasteiger partial charge in [0.2, 0.25) is 0 Å². The molecule has 0 aliphatic rings. The Bertz CT molecular complexity index is 968. The van der Waals surface area contributed by atoms with Gasteiger partial charge in [0.1, 0.15) is 4.88 Å². The Morgan fingerprint density at radius 3 is 2.64 bits per heavy atom. The Kier molecular flexibility index (Phi) is 5.27. The van der Waals surface area contributed by atoms with E-state index < -0.39 is 18.5 Å². The first-order valence-corrected chi connectivity index (χ1v) is 8.93. The Morgan fingerprint density at radius 1 is 1.12 bits per heavy atom. The lowest BCUT2D eigenvalue weighted by Crippen LogP contribution is -2.21. The number of carbonyl (C=O) groups excluding carboxylic acids is 2. The number of fused-ring (bicyclic) bond motifs is 1. The van der Waals surface area contributed by atoms with E-state index in [1.807, 2.05) is 24.3 Å². The van der Waals surface area contributed by atoms with E-state index in [-0.39, 0.29) is 4.88 Å². The number of nitrogens with one attached hydrogen (secondary N) is 1. The molecule has 7 heteroatoms. The maximum atomic E-state index is 12.2. The zero-order chi connectivity index (χ0) is 18.0. The second-order valence-electron chi connectivity index (χ2n) is 5.28. The van der Waals surface area contributed by atoms with Gasteiger partial charge in [-0.1, -0.05) is 47.5 Å². The van der Waals surface area contributed by atoms with Crippen LogP contribution in [0.4, 0.5) is 5.69 Å². The summed E-state index contributed by atoms with van der Waals surface area (Å²) >= 11 is 13.5. The molecule has 1 aromatic heterocycles. The molecule has 0 radical (unpaired) electrons. The minimum absolute atomic E-state index is 0.287. The molecule has 0 saturated heterocycles. The predicted octanol–water partition coefficient (Wildman–Crippen LogP) is 5.31.